The predicted octanol–water partition coefficient (Wildman–Crippen LogP) is -0.0828. The Kier molecular flexibility index (Phi) is 3.92. The minimum Gasteiger partial charge on any atom is -0.358 e. The standard InChI is InChI=1S/C9H13N3O/c1-10-9(13)7-12-6-8-2-4-11-5-3-8/h2-5,12H,6-7H2,1H3,(H,10,13). The monoisotopic (exact) mass is 179 g/mol. The summed E-state index contributed by atoms with van der Waals surface area (Å²) in [5.41, 5.74) is 1.12. The van der Waals surface area contributed by atoms with Crippen LogP contribution in [0, 0.1) is 0 Å². The van der Waals surface area contributed by atoms with Gasteiger partial charge in [-0.2, -0.15) is 0 Å². The van der Waals surface area contributed by atoms with E-state index in [0.717, 1.165) is 5.56 Å². The topological polar surface area (TPSA) is 54.0 Å². The summed E-state index contributed by atoms with van der Waals surface area (Å²) in [6.45, 7) is 1.04. The number of aromatic nitrogens is 1. The highest BCUT2D eigenvalue weighted by Crippen LogP contribution is 1.93. The molecule has 1 aromatic heterocycles. The van der Waals surface area contributed by atoms with Gasteiger partial charge in [-0.1, -0.05) is 0 Å². The number of nitrogens with one attached hydrogen (secondary N) is 2. The third-order valence-corrected chi connectivity index (χ3v) is 1.64. The van der Waals surface area contributed by atoms with E-state index in [1.165, 1.54) is 0 Å². The van der Waals surface area contributed by atoms with Gasteiger partial charge in [0, 0.05) is 26.0 Å². The molecule has 0 saturated heterocycles. The fraction of sp³-hybridized carbons (Fsp3) is 0.333. The minimum absolute atomic E-state index is 0.00550. The predicted molar refractivity (Wildman–Crippen MR) is 50.0 cm³/mol. The van der Waals surface area contributed by atoms with E-state index in [9.17, 15) is 4.79 Å². The third-order valence-electron chi connectivity index (χ3n) is 1.64. The Morgan fingerprint density at radius 3 is 2.77 bits per heavy atom. The number of rotatable bonds is 4. The molecule has 0 aliphatic rings. The minimum atomic E-state index is -0.00550. The van der Waals surface area contributed by atoms with E-state index in [4.69, 9.17) is 0 Å². The molecule has 0 bridgehead atoms. The Morgan fingerprint density at radius 2 is 2.15 bits per heavy atom. The number of carbonyl (C=O) groups excluding carboxylic acids is 1. The van der Waals surface area contributed by atoms with Gasteiger partial charge in [-0.25, -0.2) is 0 Å². The lowest BCUT2D eigenvalue weighted by atomic mass is 10.3. The van der Waals surface area contributed by atoms with Gasteiger partial charge in [0.2, 0.25) is 5.91 Å². The van der Waals surface area contributed by atoms with Crippen molar-refractivity contribution in [3.8, 4) is 0 Å². The van der Waals surface area contributed by atoms with Gasteiger partial charge in [0.1, 0.15) is 0 Å². The molecular formula is C9H13N3O. The second-order valence-corrected chi connectivity index (χ2v) is 2.63. The van der Waals surface area contributed by atoms with E-state index in [0.29, 0.717) is 13.1 Å². The molecule has 70 valence electrons. The zero-order chi connectivity index (χ0) is 9.52. The van der Waals surface area contributed by atoms with E-state index in [1.54, 1.807) is 19.4 Å². The number of hydrogen-bond acceptors (Lipinski definition) is 3. The van der Waals surface area contributed by atoms with Crippen LogP contribution in [0.2, 0.25) is 0 Å². The van der Waals surface area contributed by atoms with Crippen LogP contribution >= 0.6 is 0 Å². The van der Waals surface area contributed by atoms with Crippen molar-refractivity contribution in [2.75, 3.05) is 13.6 Å². The van der Waals surface area contributed by atoms with Crippen LogP contribution in [0.15, 0.2) is 24.5 Å². The van der Waals surface area contributed by atoms with Gasteiger partial charge >= 0.3 is 0 Å². The Morgan fingerprint density at radius 1 is 1.46 bits per heavy atom. The number of nitrogens with zero attached hydrogens (tertiary/aromatic N) is 1. The average Bonchev–Trinajstić information content (AvgIpc) is 2.19. The van der Waals surface area contributed by atoms with Crippen molar-refractivity contribution < 1.29 is 4.79 Å². The second-order valence-electron chi connectivity index (χ2n) is 2.63. The molecule has 1 amide bonds. The van der Waals surface area contributed by atoms with Gasteiger partial charge in [0.05, 0.1) is 6.54 Å². The van der Waals surface area contributed by atoms with E-state index in [1.807, 2.05) is 12.1 Å². The van der Waals surface area contributed by atoms with Crippen molar-refractivity contribution in [2.24, 2.45) is 0 Å². The zero-order valence-electron chi connectivity index (χ0n) is 7.58. The first-order valence-corrected chi connectivity index (χ1v) is 4.13. The summed E-state index contributed by atoms with van der Waals surface area (Å²) >= 11 is 0. The lowest BCUT2D eigenvalue weighted by molar-refractivity contribution is -0.119. The average molecular weight is 179 g/mol. The van der Waals surface area contributed by atoms with E-state index < -0.39 is 0 Å². The van der Waals surface area contributed by atoms with Crippen molar-refractivity contribution in [3.63, 3.8) is 0 Å². The van der Waals surface area contributed by atoms with Crippen LogP contribution in [0.4, 0.5) is 0 Å². The molecule has 0 atom stereocenters. The molecule has 0 aromatic carbocycles. The quantitative estimate of drug-likeness (QED) is 0.679. The van der Waals surface area contributed by atoms with Crippen LogP contribution in [-0.4, -0.2) is 24.5 Å². The Labute approximate surface area is 77.4 Å². The first-order chi connectivity index (χ1) is 6.33. The normalized spacial score (nSPS) is 9.62. The molecule has 0 spiro atoms. The van der Waals surface area contributed by atoms with Gasteiger partial charge in [0.25, 0.3) is 0 Å². The highest BCUT2D eigenvalue weighted by molar-refractivity contribution is 5.77. The maximum absolute atomic E-state index is 10.8. The molecule has 1 rings (SSSR count). The van der Waals surface area contributed by atoms with Crippen molar-refractivity contribution in [2.45, 2.75) is 6.54 Å². The largest absolute Gasteiger partial charge is 0.358 e. The number of amides is 1. The summed E-state index contributed by atoms with van der Waals surface area (Å²) in [6.07, 6.45) is 3.47. The van der Waals surface area contributed by atoms with E-state index >= 15 is 0 Å². The highest BCUT2D eigenvalue weighted by atomic mass is 16.1. The summed E-state index contributed by atoms with van der Waals surface area (Å²) in [6, 6.07) is 3.83. The van der Waals surface area contributed by atoms with E-state index in [-0.39, 0.29) is 5.91 Å². The molecule has 0 radical (unpaired) electrons. The number of carbonyl (C=O) groups is 1. The molecular weight excluding hydrogens is 166 g/mol. The lowest BCUT2D eigenvalue weighted by Gasteiger charge is -2.02. The highest BCUT2D eigenvalue weighted by Gasteiger charge is 1.96. The molecule has 13 heavy (non-hydrogen) atoms. The maximum atomic E-state index is 10.8. The smallest absolute Gasteiger partial charge is 0.233 e. The Bertz CT molecular complexity index is 261. The molecule has 0 aliphatic carbocycles. The maximum Gasteiger partial charge on any atom is 0.233 e. The fourth-order valence-electron chi connectivity index (χ4n) is 0.909. The third kappa shape index (κ3) is 3.66. The van der Waals surface area contributed by atoms with Crippen molar-refractivity contribution >= 4 is 5.91 Å². The van der Waals surface area contributed by atoms with Gasteiger partial charge in [-0.3, -0.25) is 9.78 Å². The molecule has 4 nitrogen and oxygen atoms in total. The van der Waals surface area contributed by atoms with Crippen LogP contribution in [-0.2, 0) is 11.3 Å². The van der Waals surface area contributed by atoms with Gasteiger partial charge in [-0.05, 0) is 17.7 Å². The first-order valence-electron chi connectivity index (χ1n) is 4.13. The summed E-state index contributed by atoms with van der Waals surface area (Å²) < 4.78 is 0. The summed E-state index contributed by atoms with van der Waals surface area (Å²) in [5, 5.41) is 5.55. The van der Waals surface area contributed by atoms with Crippen LogP contribution in [0.25, 0.3) is 0 Å². The number of hydrogen-bond donors (Lipinski definition) is 2. The van der Waals surface area contributed by atoms with Crippen molar-refractivity contribution in [1.82, 2.24) is 15.6 Å². The number of likely N-dealkylation sites (N-methyl/N-ethyl adjacent to an activating group) is 1. The second kappa shape index (κ2) is 5.27. The number of pyridine rings is 1. The van der Waals surface area contributed by atoms with Crippen LogP contribution < -0.4 is 10.6 Å². The lowest BCUT2D eigenvalue weighted by Crippen LogP contribution is -2.30. The molecule has 0 fully saturated rings. The summed E-state index contributed by atoms with van der Waals surface area (Å²) in [7, 11) is 1.62. The molecule has 0 saturated carbocycles. The summed E-state index contributed by atoms with van der Waals surface area (Å²) in [4.78, 5) is 14.7. The molecule has 2 N–H and O–H groups in total. The fourth-order valence-corrected chi connectivity index (χ4v) is 0.909. The van der Waals surface area contributed by atoms with Crippen LogP contribution in [0.1, 0.15) is 5.56 Å². The SMILES string of the molecule is CNC(=O)CNCc1ccncc1. The molecule has 1 heterocycles. The zero-order valence-corrected chi connectivity index (χ0v) is 7.58. The van der Waals surface area contributed by atoms with Gasteiger partial charge in [0.15, 0.2) is 0 Å². The molecule has 1 aromatic rings. The van der Waals surface area contributed by atoms with Gasteiger partial charge < -0.3 is 10.6 Å². The van der Waals surface area contributed by atoms with Crippen molar-refractivity contribution in [1.29, 1.82) is 0 Å². The van der Waals surface area contributed by atoms with Crippen LogP contribution in [0.3, 0.4) is 0 Å². The van der Waals surface area contributed by atoms with Crippen molar-refractivity contribution in [3.05, 3.63) is 30.1 Å². The van der Waals surface area contributed by atoms with Gasteiger partial charge in [-0.15, -0.1) is 0 Å². The molecule has 0 unspecified atom stereocenters. The molecule has 0 aliphatic heterocycles. The van der Waals surface area contributed by atoms with E-state index in [2.05, 4.69) is 15.6 Å². The first kappa shape index (κ1) is 9.67. The Hall–Kier alpha value is -1.42. The molecule has 4 heteroatoms. The van der Waals surface area contributed by atoms with Crippen LogP contribution in [0.5, 0.6) is 0 Å². The summed E-state index contributed by atoms with van der Waals surface area (Å²) in [5.74, 6) is -0.00550. The Balaban J connectivity index is 2.24.